The van der Waals surface area contributed by atoms with Gasteiger partial charge in [0, 0.05) is 22.5 Å². The van der Waals surface area contributed by atoms with Gasteiger partial charge in [-0.25, -0.2) is 9.18 Å². The van der Waals surface area contributed by atoms with Crippen LogP contribution in [0.15, 0.2) is 36.4 Å². The van der Waals surface area contributed by atoms with E-state index in [1.165, 1.54) is 39.5 Å². The lowest BCUT2D eigenvalue weighted by Crippen LogP contribution is -2.17. The molecular weight excluding hydrogens is 403 g/mol. The minimum atomic E-state index is -0.896. The van der Waals surface area contributed by atoms with Crippen molar-refractivity contribution in [2.75, 3.05) is 26.6 Å². The Morgan fingerprint density at radius 3 is 2.45 bits per heavy atom. The van der Waals surface area contributed by atoms with Gasteiger partial charge in [-0.1, -0.05) is 0 Å². The molecule has 0 saturated heterocycles. The molecule has 160 valence electrons. The Morgan fingerprint density at radius 2 is 1.77 bits per heavy atom. The number of aromatic nitrogens is 1. The van der Waals surface area contributed by atoms with E-state index >= 15 is 0 Å². The number of ether oxygens (including phenoxy) is 3. The summed E-state index contributed by atoms with van der Waals surface area (Å²) < 4.78 is 29.7. The van der Waals surface area contributed by atoms with Crippen molar-refractivity contribution in [3.63, 3.8) is 0 Å². The molecule has 0 bridgehead atoms. The zero-order valence-corrected chi connectivity index (χ0v) is 17.5. The topological polar surface area (TPSA) is 89.7 Å². The summed E-state index contributed by atoms with van der Waals surface area (Å²) in [4.78, 5) is 28.9. The average Bonchev–Trinajstić information content (AvgIpc) is 3.27. The predicted octanol–water partition coefficient (Wildman–Crippen LogP) is 4.02. The molecule has 0 saturated carbocycles. The predicted molar refractivity (Wildman–Crippen MR) is 112 cm³/mol. The number of amides is 1. The molecule has 1 amide bonds. The molecule has 2 aromatic carbocycles. The van der Waals surface area contributed by atoms with Crippen molar-refractivity contribution in [3.8, 4) is 22.8 Å². The monoisotopic (exact) mass is 424 g/mol. The van der Waals surface area contributed by atoms with Crippen LogP contribution >= 0.6 is 0 Å². The number of esters is 1. The molecule has 1 aromatic heterocycles. The van der Waals surface area contributed by atoms with E-state index in [0.717, 1.165) is 0 Å². The summed E-state index contributed by atoms with van der Waals surface area (Å²) in [6, 6.07) is 9.36. The van der Waals surface area contributed by atoms with Crippen LogP contribution in [0.3, 0.4) is 0 Å². The zero-order chi connectivity index (χ0) is 22.3. The molecule has 4 rings (SSSR count). The van der Waals surface area contributed by atoms with Gasteiger partial charge in [-0.2, -0.15) is 0 Å². The number of anilines is 1. The molecule has 8 heteroatoms. The number of carbonyl (C=O) groups excluding carboxylic acids is 2. The number of benzene rings is 2. The number of H-pyrrole nitrogens is 1. The number of aryl methyl sites for hydroxylation is 1. The van der Waals surface area contributed by atoms with Gasteiger partial charge in [0.15, 0.2) is 11.5 Å². The largest absolute Gasteiger partial charge is 0.493 e. The van der Waals surface area contributed by atoms with Crippen LogP contribution < -0.4 is 14.8 Å². The van der Waals surface area contributed by atoms with Gasteiger partial charge in [0.1, 0.15) is 5.82 Å². The summed E-state index contributed by atoms with van der Waals surface area (Å²) in [6.45, 7) is 1.72. The van der Waals surface area contributed by atoms with Gasteiger partial charge >= 0.3 is 5.97 Å². The molecule has 1 atom stereocenters. The molecule has 1 aliphatic rings. The Balaban J connectivity index is 1.99. The maximum absolute atomic E-state index is 14.0. The first-order valence-corrected chi connectivity index (χ1v) is 9.53. The average molecular weight is 424 g/mol. The number of hydrogen-bond donors (Lipinski definition) is 2. The molecule has 3 aromatic rings. The second kappa shape index (κ2) is 7.79. The lowest BCUT2D eigenvalue weighted by atomic mass is 9.87. The first-order valence-electron chi connectivity index (χ1n) is 9.53. The highest BCUT2D eigenvalue weighted by molar-refractivity contribution is 6.08. The Kier molecular flexibility index (Phi) is 5.14. The molecule has 31 heavy (non-hydrogen) atoms. The number of nitrogens with one attached hydrogen (secondary N) is 2. The smallest absolute Gasteiger partial charge is 0.340 e. The van der Waals surface area contributed by atoms with Gasteiger partial charge in [-0.05, 0) is 48.9 Å². The van der Waals surface area contributed by atoms with Crippen LogP contribution in [-0.4, -0.2) is 38.2 Å². The standard InChI is InChI=1S/C23H21FN2O5/c1-11-18(23(28)31-4)20(19-14-10-13(24)6-7-15(14)26-22(19)27)21(25-11)12-5-8-16(29-2)17(9-12)30-3/h5-10,19,25H,1-4H3,(H,26,27). The fraction of sp³-hybridized carbons (Fsp3) is 0.217. The number of fused-ring (bicyclic) bond motifs is 1. The van der Waals surface area contributed by atoms with E-state index in [1.54, 1.807) is 25.1 Å². The maximum Gasteiger partial charge on any atom is 0.340 e. The summed E-state index contributed by atoms with van der Waals surface area (Å²) in [5, 5.41) is 2.77. The van der Waals surface area contributed by atoms with Crippen LogP contribution in [0.2, 0.25) is 0 Å². The number of rotatable bonds is 5. The van der Waals surface area contributed by atoms with Crippen molar-refractivity contribution in [2.24, 2.45) is 0 Å². The zero-order valence-electron chi connectivity index (χ0n) is 17.5. The van der Waals surface area contributed by atoms with Crippen molar-refractivity contribution in [1.29, 1.82) is 0 Å². The van der Waals surface area contributed by atoms with Crippen molar-refractivity contribution in [2.45, 2.75) is 12.8 Å². The molecule has 7 nitrogen and oxygen atoms in total. The summed E-state index contributed by atoms with van der Waals surface area (Å²) in [7, 11) is 4.33. The third-order valence-corrected chi connectivity index (χ3v) is 5.42. The minimum absolute atomic E-state index is 0.240. The van der Waals surface area contributed by atoms with Crippen LogP contribution in [0.25, 0.3) is 11.3 Å². The fourth-order valence-corrected chi connectivity index (χ4v) is 4.04. The third kappa shape index (κ3) is 3.30. The van der Waals surface area contributed by atoms with Crippen molar-refractivity contribution >= 4 is 17.6 Å². The number of methoxy groups -OCH3 is 3. The second-order valence-electron chi connectivity index (χ2n) is 7.13. The second-order valence-corrected chi connectivity index (χ2v) is 7.13. The van der Waals surface area contributed by atoms with Crippen LogP contribution in [-0.2, 0) is 9.53 Å². The van der Waals surface area contributed by atoms with E-state index in [1.807, 2.05) is 0 Å². The first-order chi connectivity index (χ1) is 14.9. The number of aromatic amines is 1. The summed E-state index contributed by atoms with van der Waals surface area (Å²) in [5.74, 6) is -1.29. The van der Waals surface area contributed by atoms with E-state index in [-0.39, 0.29) is 11.5 Å². The quantitative estimate of drug-likeness (QED) is 0.604. The van der Waals surface area contributed by atoms with Crippen LogP contribution in [0.1, 0.15) is 33.1 Å². The van der Waals surface area contributed by atoms with Gasteiger partial charge in [-0.15, -0.1) is 0 Å². The van der Waals surface area contributed by atoms with Crippen LogP contribution in [0, 0.1) is 12.7 Å². The Morgan fingerprint density at radius 1 is 1.03 bits per heavy atom. The Hall–Kier alpha value is -3.81. The highest BCUT2D eigenvalue weighted by atomic mass is 19.1. The normalized spacial score (nSPS) is 14.7. The van der Waals surface area contributed by atoms with Gasteiger partial charge in [0.2, 0.25) is 5.91 Å². The van der Waals surface area contributed by atoms with E-state index in [9.17, 15) is 14.0 Å². The molecule has 2 heterocycles. The minimum Gasteiger partial charge on any atom is -0.493 e. The van der Waals surface area contributed by atoms with Crippen molar-refractivity contribution < 1.29 is 28.2 Å². The number of halogens is 1. The van der Waals surface area contributed by atoms with Crippen molar-refractivity contribution in [3.05, 3.63) is 64.6 Å². The highest BCUT2D eigenvalue weighted by Gasteiger charge is 2.39. The molecule has 1 aliphatic heterocycles. The van der Waals surface area contributed by atoms with Gasteiger partial charge < -0.3 is 24.5 Å². The number of carbonyl (C=O) groups is 2. The SMILES string of the molecule is COC(=O)c1c(C)[nH]c(-c2ccc(OC)c(OC)c2)c1C1C(=O)Nc2ccc(F)cc21. The van der Waals surface area contributed by atoms with Gasteiger partial charge in [0.25, 0.3) is 0 Å². The van der Waals surface area contributed by atoms with E-state index in [2.05, 4.69) is 10.3 Å². The van der Waals surface area contributed by atoms with E-state index in [4.69, 9.17) is 14.2 Å². The van der Waals surface area contributed by atoms with Crippen LogP contribution in [0.4, 0.5) is 10.1 Å². The summed E-state index contributed by atoms with van der Waals surface area (Å²) in [5.41, 5.74) is 3.35. The Bertz CT molecular complexity index is 1200. The van der Waals surface area contributed by atoms with Crippen LogP contribution in [0.5, 0.6) is 11.5 Å². The lowest BCUT2D eigenvalue weighted by molar-refractivity contribution is -0.116. The van der Waals surface area contributed by atoms with E-state index < -0.39 is 17.7 Å². The van der Waals surface area contributed by atoms with E-state index in [0.29, 0.717) is 45.3 Å². The molecule has 0 spiro atoms. The lowest BCUT2D eigenvalue weighted by Gasteiger charge is -2.15. The molecule has 0 aliphatic carbocycles. The highest BCUT2D eigenvalue weighted by Crippen LogP contribution is 2.45. The van der Waals surface area contributed by atoms with Gasteiger partial charge in [-0.3, -0.25) is 4.79 Å². The molecule has 0 radical (unpaired) electrons. The summed E-state index contributed by atoms with van der Waals surface area (Å²) >= 11 is 0. The maximum atomic E-state index is 14.0. The number of hydrogen-bond acceptors (Lipinski definition) is 5. The molecular formula is C23H21FN2O5. The fourth-order valence-electron chi connectivity index (χ4n) is 4.04. The summed E-state index contributed by atoms with van der Waals surface area (Å²) in [6.07, 6.45) is 0. The van der Waals surface area contributed by atoms with Crippen molar-refractivity contribution in [1.82, 2.24) is 4.98 Å². The Labute approximate surface area is 178 Å². The first kappa shape index (κ1) is 20.5. The van der Waals surface area contributed by atoms with Gasteiger partial charge in [0.05, 0.1) is 38.5 Å². The molecule has 1 unspecified atom stereocenters. The molecule has 0 fully saturated rings. The third-order valence-electron chi connectivity index (χ3n) is 5.42. The molecule has 2 N–H and O–H groups in total.